The zero-order valence-electron chi connectivity index (χ0n) is 11.8. The van der Waals surface area contributed by atoms with Gasteiger partial charge < -0.3 is 10.2 Å². The highest BCUT2D eigenvalue weighted by atomic mass is 15.1. The van der Waals surface area contributed by atoms with Gasteiger partial charge in [-0.1, -0.05) is 30.5 Å². The van der Waals surface area contributed by atoms with Gasteiger partial charge in [0.1, 0.15) is 0 Å². The van der Waals surface area contributed by atoms with Crippen LogP contribution in [0.25, 0.3) is 0 Å². The van der Waals surface area contributed by atoms with Crippen LogP contribution >= 0.6 is 0 Å². The zero-order chi connectivity index (χ0) is 12.8. The highest BCUT2D eigenvalue weighted by molar-refractivity contribution is 5.51. The van der Waals surface area contributed by atoms with E-state index in [0.717, 1.165) is 6.54 Å². The van der Waals surface area contributed by atoms with Crippen molar-refractivity contribution < 1.29 is 0 Å². The second-order valence-electron chi connectivity index (χ2n) is 5.50. The fraction of sp³-hybridized carbons (Fsp3) is 0.625. The minimum Gasteiger partial charge on any atom is -0.384 e. The first kappa shape index (κ1) is 13.4. The van der Waals surface area contributed by atoms with Gasteiger partial charge >= 0.3 is 0 Å². The Balaban J connectivity index is 1.77. The van der Waals surface area contributed by atoms with Crippen LogP contribution in [0.3, 0.4) is 0 Å². The minimum absolute atomic E-state index is 1.06. The van der Waals surface area contributed by atoms with E-state index in [2.05, 4.69) is 42.3 Å². The Kier molecular flexibility index (Phi) is 5.06. The molecule has 2 heteroatoms. The van der Waals surface area contributed by atoms with Crippen molar-refractivity contribution in [1.29, 1.82) is 0 Å². The van der Waals surface area contributed by atoms with Gasteiger partial charge in [0.15, 0.2) is 0 Å². The number of benzene rings is 1. The second kappa shape index (κ2) is 6.79. The normalized spacial score (nSPS) is 17.4. The Hall–Kier alpha value is -1.02. The summed E-state index contributed by atoms with van der Waals surface area (Å²) in [4.78, 5) is 2.60. The van der Waals surface area contributed by atoms with Crippen LogP contribution in [0.15, 0.2) is 18.2 Å². The molecule has 0 aromatic heterocycles. The number of hydrogen-bond acceptors (Lipinski definition) is 2. The minimum atomic E-state index is 1.06. The highest BCUT2D eigenvalue weighted by Gasteiger charge is 2.08. The first-order valence-electron chi connectivity index (χ1n) is 7.29. The highest BCUT2D eigenvalue weighted by Crippen LogP contribution is 2.16. The molecular weight excluding hydrogens is 220 g/mol. The average molecular weight is 246 g/mol. The van der Waals surface area contributed by atoms with Crippen LogP contribution in [0, 0.1) is 13.8 Å². The molecule has 2 nitrogen and oxygen atoms in total. The maximum atomic E-state index is 3.57. The third-order valence-electron chi connectivity index (χ3n) is 3.82. The first-order valence-corrected chi connectivity index (χ1v) is 7.29. The Labute approximate surface area is 111 Å². The quantitative estimate of drug-likeness (QED) is 0.873. The van der Waals surface area contributed by atoms with Gasteiger partial charge in [0.2, 0.25) is 0 Å². The maximum absolute atomic E-state index is 3.57. The van der Waals surface area contributed by atoms with Gasteiger partial charge in [-0.05, 0) is 51.4 Å². The summed E-state index contributed by atoms with van der Waals surface area (Å²) in [6, 6.07) is 6.63. The molecule has 18 heavy (non-hydrogen) atoms. The molecular formula is C16H26N2. The van der Waals surface area contributed by atoms with Crippen LogP contribution in [0.4, 0.5) is 5.69 Å². The van der Waals surface area contributed by atoms with Gasteiger partial charge in [0.25, 0.3) is 0 Å². The first-order chi connectivity index (χ1) is 8.75. The molecule has 1 heterocycles. The molecule has 1 aromatic rings. The lowest BCUT2D eigenvalue weighted by molar-refractivity contribution is 0.296. The van der Waals surface area contributed by atoms with Crippen LogP contribution in [0.1, 0.15) is 36.8 Å². The van der Waals surface area contributed by atoms with Crippen molar-refractivity contribution in [1.82, 2.24) is 4.90 Å². The fourth-order valence-electron chi connectivity index (χ4n) is 2.72. The summed E-state index contributed by atoms with van der Waals surface area (Å²) in [5.74, 6) is 0. The van der Waals surface area contributed by atoms with E-state index in [-0.39, 0.29) is 0 Å². The standard InChI is InChI=1S/C16H26N2/c1-14-7-8-16(15(2)13-14)17-9-12-18-10-5-3-4-6-11-18/h7-8,13,17H,3-6,9-12H2,1-2H3. The number of nitrogens with zero attached hydrogens (tertiary/aromatic N) is 1. The molecule has 0 saturated carbocycles. The topological polar surface area (TPSA) is 15.3 Å². The summed E-state index contributed by atoms with van der Waals surface area (Å²) >= 11 is 0. The number of anilines is 1. The van der Waals surface area contributed by atoms with Crippen molar-refractivity contribution in [2.45, 2.75) is 39.5 Å². The number of aryl methyl sites for hydroxylation is 2. The number of nitrogens with one attached hydrogen (secondary N) is 1. The van der Waals surface area contributed by atoms with Gasteiger partial charge in [0.05, 0.1) is 0 Å². The van der Waals surface area contributed by atoms with Gasteiger partial charge in [-0.25, -0.2) is 0 Å². The maximum Gasteiger partial charge on any atom is 0.0370 e. The van der Waals surface area contributed by atoms with Crippen molar-refractivity contribution in [3.8, 4) is 0 Å². The van der Waals surface area contributed by atoms with Crippen molar-refractivity contribution in [3.05, 3.63) is 29.3 Å². The van der Waals surface area contributed by atoms with Crippen molar-refractivity contribution >= 4 is 5.69 Å². The molecule has 0 spiro atoms. The lowest BCUT2D eigenvalue weighted by Crippen LogP contribution is -2.30. The van der Waals surface area contributed by atoms with Gasteiger partial charge in [-0.15, -0.1) is 0 Å². The molecule has 0 radical (unpaired) electrons. The molecule has 0 aliphatic carbocycles. The van der Waals surface area contributed by atoms with Crippen LogP contribution in [0.5, 0.6) is 0 Å². The predicted molar refractivity (Wildman–Crippen MR) is 79.3 cm³/mol. The van der Waals surface area contributed by atoms with Crippen molar-refractivity contribution in [2.24, 2.45) is 0 Å². The van der Waals surface area contributed by atoms with Gasteiger partial charge in [-0.2, -0.15) is 0 Å². The van der Waals surface area contributed by atoms with E-state index in [1.54, 1.807) is 0 Å². The lowest BCUT2D eigenvalue weighted by Gasteiger charge is -2.20. The molecule has 1 aliphatic heterocycles. The summed E-state index contributed by atoms with van der Waals surface area (Å²) in [6.07, 6.45) is 5.59. The van der Waals surface area contributed by atoms with E-state index in [9.17, 15) is 0 Å². The molecule has 2 rings (SSSR count). The number of hydrogen-bond donors (Lipinski definition) is 1. The monoisotopic (exact) mass is 246 g/mol. The Bertz CT molecular complexity index is 365. The Morgan fingerprint density at radius 3 is 2.44 bits per heavy atom. The van der Waals surface area contributed by atoms with E-state index in [1.165, 1.54) is 62.1 Å². The Morgan fingerprint density at radius 1 is 1.06 bits per heavy atom. The van der Waals surface area contributed by atoms with Crippen LogP contribution in [-0.2, 0) is 0 Å². The molecule has 1 aliphatic rings. The van der Waals surface area contributed by atoms with Crippen molar-refractivity contribution in [3.63, 3.8) is 0 Å². The number of likely N-dealkylation sites (tertiary alicyclic amines) is 1. The third kappa shape index (κ3) is 4.02. The average Bonchev–Trinajstić information content (AvgIpc) is 2.60. The summed E-state index contributed by atoms with van der Waals surface area (Å²) in [5.41, 5.74) is 3.98. The molecule has 1 aromatic carbocycles. The fourth-order valence-corrected chi connectivity index (χ4v) is 2.72. The SMILES string of the molecule is Cc1ccc(NCCN2CCCCCC2)c(C)c1. The van der Waals surface area contributed by atoms with Crippen LogP contribution in [0.2, 0.25) is 0 Å². The Morgan fingerprint density at radius 2 is 1.78 bits per heavy atom. The zero-order valence-corrected chi connectivity index (χ0v) is 11.8. The lowest BCUT2D eigenvalue weighted by atomic mass is 10.1. The smallest absolute Gasteiger partial charge is 0.0370 e. The van der Waals surface area contributed by atoms with E-state index in [1.807, 2.05) is 0 Å². The summed E-state index contributed by atoms with van der Waals surface area (Å²) < 4.78 is 0. The third-order valence-corrected chi connectivity index (χ3v) is 3.82. The summed E-state index contributed by atoms with van der Waals surface area (Å²) in [7, 11) is 0. The van der Waals surface area contributed by atoms with E-state index >= 15 is 0 Å². The molecule has 1 saturated heterocycles. The second-order valence-corrected chi connectivity index (χ2v) is 5.50. The van der Waals surface area contributed by atoms with E-state index in [0.29, 0.717) is 0 Å². The largest absolute Gasteiger partial charge is 0.384 e. The summed E-state index contributed by atoms with van der Waals surface area (Å²) in [5, 5.41) is 3.57. The number of rotatable bonds is 4. The molecule has 100 valence electrons. The van der Waals surface area contributed by atoms with Crippen LogP contribution in [-0.4, -0.2) is 31.1 Å². The summed E-state index contributed by atoms with van der Waals surface area (Å²) in [6.45, 7) is 9.13. The van der Waals surface area contributed by atoms with Crippen LogP contribution < -0.4 is 5.32 Å². The molecule has 0 bridgehead atoms. The molecule has 1 fully saturated rings. The molecule has 0 atom stereocenters. The predicted octanol–water partition coefficient (Wildman–Crippen LogP) is 3.59. The van der Waals surface area contributed by atoms with Crippen molar-refractivity contribution in [2.75, 3.05) is 31.5 Å². The molecule has 0 amide bonds. The van der Waals surface area contributed by atoms with Gasteiger partial charge in [-0.3, -0.25) is 0 Å². The molecule has 1 N–H and O–H groups in total. The van der Waals surface area contributed by atoms with Gasteiger partial charge in [0, 0.05) is 18.8 Å². The molecule has 0 unspecified atom stereocenters. The van der Waals surface area contributed by atoms with E-state index < -0.39 is 0 Å². The van der Waals surface area contributed by atoms with E-state index in [4.69, 9.17) is 0 Å².